The Kier molecular flexibility index (Phi) is 3.92. The maximum Gasteiger partial charge on any atom is 0.289 e. The SMILES string of the molecule is Cc1oc(C(=O)N2CCCC(C)C2)cc1S(=O)(=O)Cl. The predicted molar refractivity (Wildman–Crippen MR) is 70.8 cm³/mol. The lowest BCUT2D eigenvalue weighted by molar-refractivity contribution is 0.0649. The van der Waals surface area contributed by atoms with Crippen molar-refractivity contribution in [1.82, 2.24) is 4.90 Å². The van der Waals surface area contributed by atoms with Crippen LogP contribution in [0.4, 0.5) is 0 Å². The van der Waals surface area contributed by atoms with Gasteiger partial charge in [-0.2, -0.15) is 0 Å². The number of aryl methyl sites for hydroxylation is 1. The zero-order chi connectivity index (χ0) is 14.2. The van der Waals surface area contributed by atoms with Gasteiger partial charge in [-0.25, -0.2) is 8.42 Å². The molecule has 1 amide bonds. The van der Waals surface area contributed by atoms with Crippen molar-refractivity contribution < 1.29 is 17.6 Å². The zero-order valence-electron chi connectivity index (χ0n) is 10.8. The van der Waals surface area contributed by atoms with E-state index < -0.39 is 9.05 Å². The number of likely N-dealkylation sites (tertiary alicyclic amines) is 1. The molecule has 1 unspecified atom stereocenters. The first-order valence-corrected chi connectivity index (χ1v) is 8.44. The van der Waals surface area contributed by atoms with Gasteiger partial charge in [0.1, 0.15) is 10.7 Å². The first-order valence-electron chi connectivity index (χ1n) is 6.13. The van der Waals surface area contributed by atoms with Crippen molar-refractivity contribution in [3.63, 3.8) is 0 Å². The maximum absolute atomic E-state index is 12.2. The van der Waals surface area contributed by atoms with Crippen molar-refractivity contribution >= 4 is 25.6 Å². The molecule has 1 aromatic rings. The number of halogens is 1. The monoisotopic (exact) mass is 305 g/mol. The van der Waals surface area contributed by atoms with Crippen LogP contribution in [0, 0.1) is 12.8 Å². The largest absolute Gasteiger partial charge is 0.455 e. The molecule has 7 heteroatoms. The third kappa shape index (κ3) is 3.12. The molecule has 0 aromatic carbocycles. The molecule has 0 radical (unpaired) electrons. The fourth-order valence-corrected chi connectivity index (χ4v) is 3.43. The molecule has 19 heavy (non-hydrogen) atoms. The van der Waals surface area contributed by atoms with Crippen molar-refractivity contribution in [2.75, 3.05) is 13.1 Å². The molecular formula is C12H16ClNO4S. The van der Waals surface area contributed by atoms with Gasteiger partial charge in [-0.3, -0.25) is 4.79 Å². The Hall–Kier alpha value is -1.01. The third-order valence-corrected chi connectivity index (χ3v) is 4.72. The summed E-state index contributed by atoms with van der Waals surface area (Å²) in [6, 6.07) is 1.21. The van der Waals surface area contributed by atoms with Crippen LogP contribution in [0.3, 0.4) is 0 Å². The van der Waals surface area contributed by atoms with Gasteiger partial charge in [-0.05, 0) is 25.7 Å². The normalized spacial score (nSPS) is 20.6. The third-order valence-electron chi connectivity index (χ3n) is 3.29. The Bertz CT molecular complexity index is 593. The number of furan rings is 1. The lowest BCUT2D eigenvalue weighted by Crippen LogP contribution is -2.38. The van der Waals surface area contributed by atoms with E-state index in [0.29, 0.717) is 19.0 Å². The van der Waals surface area contributed by atoms with Gasteiger partial charge in [-0.1, -0.05) is 6.92 Å². The number of hydrogen-bond donors (Lipinski definition) is 0. The number of amides is 1. The number of rotatable bonds is 2. The Labute approximate surface area is 116 Å². The van der Waals surface area contributed by atoms with Crippen LogP contribution in [0.5, 0.6) is 0 Å². The van der Waals surface area contributed by atoms with Gasteiger partial charge in [0.05, 0.1) is 0 Å². The molecule has 1 aliphatic rings. The molecule has 2 heterocycles. The van der Waals surface area contributed by atoms with Gasteiger partial charge < -0.3 is 9.32 Å². The summed E-state index contributed by atoms with van der Waals surface area (Å²) < 4.78 is 27.8. The van der Waals surface area contributed by atoms with Crippen LogP contribution < -0.4 is 0 Å². The van der Waals surface area contributed by atoms with E-state index in [1.165, 1.54) is 13.0 Å². The van der Waals surface area contributed by atoms with Crippen molar-refractivity contribution in [3.8, 4) is 0 Å². The number of hydrogen-bond acceptors (Lipinski definition) is 4. The summed E-state index contributed by atoms with van der Waals surface area (Å²) in [6.45, 7) is 4.90. The molecule has 5 nitrogen and oxygen atoms in total. The lowest BCUT2D eigenvalue weighted by atomic mass is 10.0. The number of carbonyl (C=O) groups excluding carboxylic acids is 1. The average molecular weight is 306 g/mol. The minimum absolute atomic E-state index is 0.0332. The highest BCUT2D eigenvalue weighted by molar-refractivity contribution is 8.13. The molecule has 0 saturated carbocycles. The average Bonchev–Trinajstić information content (AvgIpc) is 2.70. The number of piperidine rings is 1. The second-order valence-corrected chi connectivity index (χ2v) is 7.50. The molecular weight excluding hydrogens is 290 g/mol. The van der Waals surface area contributed by atoms with Crippen LogP contribution in [-0.2, 0) is 9.05 Å². The Balaban J connectivity index is 2.25. The van der Waals surface area contributed by atoms with Gasteiger partial charge in [0.15, 0.2) is 5.76 Å². The fraction of sp³-hybridized carbons (Fsp3) is 0.583. The van der Waals surface area contributed by atoms with Crippen molar-refractivity contribution in [3.05, 3.63) is 17.6 Å². The highest BCUT2D eigenvalue weighted by Crippen LogP contribution is 2.25. The summed E-state index contributed by atoms with van der Waals surface area (Å²) in [5.74, 6) is 0.348. The molecule has 0 bridgehead atoms. The summed E-state index contributed by atoms with van der Waals surface area (Å²) in [7, 11) is 1.40. The molecule has 0 spiro atoms. The standard InChI is InChI=1S/C12H16ClNO4S/c1-8-4-3-5-14(7-8)12(15)10-6-11(9(2)18-10)19(13,16)17/h6,8H,3-5,7H2,1-2H3. The van der Waals surface area contributed by atoms with Crippen LogP contribution in [0.2, 0.25) is 0 Å². The topological polar surface area (TPSA) is 67.6 Å². The smallest absolute Gasteiger partial charge is 0.289 e. The molecule has 2 rings (SSSR count). The molecule has 1 aliphatic heterocycles. The van der Waals surface area contributed by atoms with E-state index in [0.717, 1.165) is 12.8 Å². The van der Waals surface area contributed by atoms with E-state index in [4.69, 9.17) is 15.1 Å². The van der Waals surface area contributed by atoms with Gasteiger partial charge in [0.25, 0.3) is 15.0 Å². The van der Waals surface area contributed by atoms with E-state index in [-0.39, 0.29) is 22.3 Å². The highest BCUT2D eigenvalue weighted by atomic mass is 35.7. The molecule has 1 aromatic heterocycles. The van der Waals surface area contributed by atoms with Crippen LogP contribution >= 0.6 is 10.7 Å². The van der Waals surface area contributed by atoms with E-state index in [1.54, 1.807) is 4.90 Å². The molecule has 1 atom stereocenters. The predicted octanol–water partition coefficient (Wildman–Crippen LogP) is 2.39. The molecule has 1 fully saturated rings. The van der Waals surface area contributed by atoms with Crippen LogP contribution in [0.15, 0.2) is 15.4 Å². The quantitative estimate of drug-likeness (QED) is 0.787. The fourth-order valence-electron chi connectivity index (χ4n) is 2.34. The maximum atomic E-state index is 12.2. The summed E-state index contributed by atoms with van der Waals surface area (Å²) >= 11 is 0. The van der Waals surface area contributed by atoms with Crippen molar-refractivity contribution in [1.29, 1.82) is 0 Å². The van der Waals surface area contributed by atoms with E-state index >= 15 is 0 Å². The molecule has 0 aliphatic carbocycles. The number of nitrogens with zero attached hydrogens (tertiary/aromatic N) is 1. The van der Waals surface area contributed by atoms with Crippen LogP contribution in [-0.4, -0.2) is 32.3 Å². The Morgan fingerprint density at radius 2 is 2.21 bits per heavy atom. The Morgan fingerprint density at radius 1 is 1.53 bits per heavy atom. The lowest BCUT2D eigenvalue weighted by Gasteiger charge is -2.30. The van der Waals surface area contributed by atoms with Gasteiger partial charge >= 0.3 is 0 Å². The first kappa shape index (κ1) is 14.4. The van der Waals surface area contributed by atoms with E-state index in [9.17, 15) is 13.2 Å². The second-order valence-electron chi connectivity index (χ2n) is 4.97. The highest BCUT2D eigenvalue weighted by Gasteiger charge is 2.27. The van der Waals surface area contributed by atoms with E-state index in [1.807, 2.05) is 0 Å². The first-order chi connectivity index (χ1) is 8.79. The summed E-state index contributed by atoms with van der Waals surface area (Å²) in [5, 5.41) is 0. The van der Waals surface area contributed by atoms with Gasteiger partial charge in [-0.15, -0.1) is 0 Å². The van der Waals surface area contributed by atoms with Crippen LogP contribution in [0.1, 0.15) is 36.1 Å². The van der Waals surface area contributed by atoms with Gasteiger partial charge in [0, 0.05) is 29.8 Å². The zero-order valence-corrected chi connectivity index (χ0v) is 12.4. The summed E-state index contributed by atoms with van der Waals surface area (Å²) in [5.41, 5.74) is 0. The molecule has 1 saturated heterocycles. The van der Waals surface area contributed by atoms with E-state index in [2.05, 4.69) is 6.92 Å². The van der Waals surface area contributed by atoms with Crippen LogP contribution in [0.25, 0.3) is 0 Å². The minimum Gasteiger partial charge on any atom is -0.455 e. The van der Waals surface area contributed by atoms with Crippen molar-refractivity contribution in [2.24, 2.45) is 5.92 Å². The molecule has 0 N–H and O–H groups in total. The minimum atomic E-state index is -3.88. The summed E-state index contributed by atoms with van der Waals surface area (Å²) in [4.78, 5) is 13.8. The number of carbonyl (C=O) groups is 1. The second kappa shape index (κ2) is 5.17. The summed E-state index contributed by atoms with van der Waals surface area (Å²) in [6.07, 6.45) is 2.05. The molecule has 106 valence electrons. The Morgan fingerprint density at radius 3 is 2.74 bits per heavy atom. The van der Waals surface area contributed by atoms with Gasteiger partial charge in [0.2, 0.25) is 0 Å². The van der Waals surface area contributed by atoms with Crippen molar-refractivity contribution in [2.45, 2.75) is 31.6 Å².